The Kier molecular flexibility index (Phi) is 6.44. The zero-order valence-corrected chi connectivity index (χ0v) is 19.4. The van der Waals surface area contributed by atoms with Crippen LogP contribution in [0.15, 0.2) is 48.7 Å². The van der Waals surface area contributed by atoms with Crippen LogP contribution in [0.1, 0.15) is 16.1 Å². The van der Waals surface area contributed by atoms with Gasteiger partial charge in [-0.1, -0.05) is 17.7 Å². The summed E-state index contributed by atoms with van der Waals surface area (Å²) in [6, 6.07) is 10.1. The molecule has 0 aliphatic heterocycles. The van der Waals surface area contributed by atoms with E-state index in [1.54, 1.807) is 18.2 Å². The molecule has 182 valence electrons. The van der Waals surface area contributed by atoms with Crippen LogP contribution in [0.2, 0.25) is 5.02 Å². The van der Waals surface area contributed by atoms with Gasteiger partial charge in [0, 0.05) is 16.3 Å². The Morgan fingerprint density at radius 2 is 1.71 bits per heavy atom. The summed E-state index contributed by atoms with van der Waals surface area (Å²) in [7, 11) is 4.17. The van der Waals surface area contributed by atoms with Crippen molar-refractivity contribution in [2.45, 2.75) is 6.18 Å². The number of ether oxygens (including phenoxy) is 3. The third-order valence-electron chi connectivity index (χ3n) is 5.05. The zero-order chi connectivity index (χ0) is 25.3. The number of nitrogens with zero attached hydrogens (tertiary/aromatic N) is 3. The molecular weight excluding hydrogens is 489 g/mol. The van der Waals surface area contributed by atoms with Crippen molar-refractivity contribution in [1.29, 1.82) is 0 Å². The lowest BCUT2D eigenvalue weighted by atomic mass is 10.1. The molecule has 0 bridgehead atoms. The van der Waals surface area contributed by atoms with Crippen LogP contribution in [0.4, 0.5) is 18.9 Å². The van der Waals surface area contributed by atoms with Crippen molar-refractivity contribution < 1.29 is 32.2 Å². The molecule has 2 aromatic heterocycles. The summed E-state index contributed by atoms with van der Waals surface area (Å²) in [6.07, 6.45) is -3.76. The second-order valence-electron chi connectivity index (χ2n) is 7.20. The molecule has 0 fully saturated rings. The van der Waals surface area contributed by atoms with E-state index in [4.69, 9.17) is 25.8 Å². The summed E-state index contributed by atoms with van der Waals surface area (Å²) in [4.78, 5) is 17.2. The standard InChI is InChI=1S/C23H18ClF3N4O4/c1-33-17-7-12(8-18(34-2)20(17)35-3)16-10-19(23(25,26)27)31-21(30-16)15(11-28-31)22(32)29-14-6-4-5-13(24)9-14/h4-11H,1-3H3,(H,29,32). The minimum absolute atomic E-state index is 0.0821. The maximum atomic E-state index is 14.0. The number of hydrogen-bond acceptors (Lipinski definition) is 6. The Morgan fingerprint density at radius 3 is 2.29 bits per heavy atom. The van der Waals surface area contributed by atoms with Crippen LogP contribution >= 0.6 is 11.6 Å². The minimum atomic E-state index is -4.79. The summed E-state index contributed by atoms with van der Waals surface area (Å²) in [5.74, 6) is 0.0146. The van der Waals surface area contributed by atoms with Gasteiger partial charge in [0.05, 0.1) is 33.2 Å². The highest BCUT2D eigenvalue weighted by Crippen LogP contribution is 2.42. The fourth-order valence-electron chi connectivity index (χ4n) is 3.47. The number of hydrogen-bond donors (Lipinski definition) is 1. The highest BCUT2D eigenvalue weighted by molar-refractivity contribution is 6.31. The molecule has 2 aromatic carbocycles. The molecule has 4 aromatic rings. The zero-order valence-electron chi connectivity index (χ0n) is 18.6. The average molecular weight is 507 g/mol. The van der Waals surface area contributed by atoms with Crippen molar-refractivity contribution in [3.63, 3.8) is 0 Å². The van der Waals surface area contributed by atoms with Crippen molar-refractivity contribution in [2.75, 3.05) is 26.6 Å². The van der Waals surface area contributed by atoms with Crippen LogP contribution < -0.4 is 19.5 Å². The summed E-state index contributed by atoms with van der Waals surface area (Å²) in [5.41, 5.74) is -1.05. The van der Waals surface area contributed by atoms with Crippen molar-refractivity contribution in [3.8, 4) is 28.5 Å². The molecule has 0 saturated heterocycles. The first-order valence-corrected chi connectivity index (χ1v) is 10.4. The first-order valence-electron chi connectivity index (χ1n) is 9.99. The second-order valence-corrected chi connectivity index (χ2v) is 7.63. The van der Waals surface area contributed by atoms with E-state index in [2.05, 4.69) is 15.4 Å². The molecule has 4 rings (SSSR count). The average Bonchev–Trinajstić information content (AvgIpc) is 3.25. The van der Waals surface area contributed by atoms with E-state index in [-0.39, 0.29) is 39.7 Å². The number of halogens is 4. The van der Waals surface area contributed by atoms with E-state index in [1.165, 1.54) is 39.5 Å². The van der Waals surface area contributed by atoms with Crippen LogP contribution in [-0.4, -0.2) is 41.8 Å². The monoisotopic (exact) mass is 506 g/mol. The molecule has 8 nitrogen and oxygen atoms in total. The van der Waals surface area contributed by atoms with Crippen molar-refractivity contribution >= 4 is 28.8 Å². The Morgan fingerprint density at radius 1 is 1.03 bits per heavy atom. The van der Waals surface area contributed by atoms with Gasteiger partial charge < -0.3 is 19.5 Å². The highest BCUT2D eigenvalue weighted by atomic mass is 35.5. The first kappa shape index (κ1) is 24.1. The van der Waals surface area contributed by atoms with Gasteiger partial charge in [-0.25, -0.2) is 9.50 Å². The molecule has 1 N–H and O–H groups in total. The summed E-state index contributed by atoms with van der Waals surface area (Å²) in [6.45, 7) is 0. The van der Waals surface area contributed by atoms with Gasteiger partial charge in [-0.3, -0.25) is 4.79 Å². The van der Waals surface area contributed by atoms with E-state index in [0.717, 1.165) is 12.3 Å². The molecule has 0 saturated carbocycles. The quantitative estimate of drug-likeness (QED) is 0.379. The molecule has 1 amide bonds. The molecule has 0 atom stereocenters. The van der Waals surface area contributed by atoms with Crippen molar-refractivity contribution in [2.24, 2.45) is 0 Å². The maximum absolute atomic E-state index is 14.0. The van der Waals surface area contributed by atoms with E-state index >= 15 is 0 Å². The molecule has 35 heavy (non-hydrogen) atoms. The van der Waals surface area contributed by atoms with Gasteiger partial charge in [-0.2, -0.15) is 18.3 Å². The number of amides is 1. The third-order valence-corrected chi connectivity index (χ3v) is 5.28. The smallest absolute Gasteiger partial charge is 0.433 e. The number of rotatable bonds is 6. The number of alkyl halides is 3. The SMILES string of the molecule is COc1cc(-c2cc(C(F)(F)F)n3ncc(C(=O)Nc4cccc(Cl)c4)c3n2)cc(OC)c1OC. The van der Waals surface area contributed by atoms with Gasteiger partial charge in [-0.05, 0) is 36.4 Å². The van der Waals surface area contributed by atoms with Crippen LogP contribution in [0.5, 0.6) is 17.2 Å². The first-order chi connectivity index (χ1) is 16.7. The van der Waals surface area contributed by atoms with E-state index in [9.17, 15) is 18.0 Å². The number of methoxy groups -OCH3 is 3. The predicted octanol–water partition coefficient (Wildman–Crippen LogP) is 5.35. The molecule has 2 heterocycles. The lowest BCUT2D eigenvalue weighted by Gasteiger charge is -2.15. The number of aromatic nitrogens is 3. The van der Waals surface area contributed by atoms with Crippen molar-refractivity contribution in [1.82, 2.24) is 14.6 Å². The summed E-state index contributed by atoms with van der Waals surface area (Å²) < 4.78 is 58.3. The summed E-state index contributed by atoms with van der Waals surface area (Å²) >= 11 is 5.94. The van der Waals surface area contributed by atoms with Gasteiger partial charge in [0.25, 0.3) is 5.91 Å². The van der Waals surface area contributed by atoms with Gasteiger partial charge in [0.1, 0.15) is 5.56 Å². The fourth-order valence-corrected chi connectivity index (χ4v) is 3.66. The number of anilines is 1. The molecule has 0 spiro atoms. The second kappa shape index (κ2) is 9.34. The number of carbonyl (C=O) groups excluding carboxylic acids is 1. The maximum Gasteiger partial charge on any atom is 0.433 e. The number of carbonyl (C=O) groups is 1. The normalized spacial score (nSPS) is 11.4. The highest BCUT2D eigenvalue weighted by Gasteiger charge is 2.36. The number of benzene rings is 2. The lowest BCUT2D eigenvalue weighted by molar-refractivity contribution is -0.142. The van der Waals surface area contributed by atoms with Gasteiger partial charge in [0.15, 0.2) is 22.8 Å². The van der Waals surface area contributed by atoms with Gasteiger partial charge in [0.2, 0.25) is 5.75 Å². The number of nitrogens with one attached hydrogen (secondary N) is 1. The molecule has 0 radical (unpaired) electrons. The van der Waals surface area contributed by atoms with Crippen LogP contribution in [-0.2, 0) is 6.18 Å². The Balaban J connectivity index is 1.89. The summed E-state index contributed by atoms with van der Waals surface area (Å²) in [5, 5.41) is 6.74. The van der Waals surface area contributed by atoms with Crippen LogP contribution in [0, 0.1) is 0 Å². The van der Waals surface area contributed by atoms with E-state index < -0.39 is 17.8 Å². The van der Waals surface area contributed by atoms with Gasteiger partial charge in [-0.15, -0.1) is 0 Å². The van der Waals surface area contributed by atoms with Crippen LogP contribution in [0.3, 0.4) is 0 Å². The Labute approximate surface area is 202 Å². The van der Waals surface area contributed by atoms with Crippen molar-refractivity contribution in [3.05, 3.63) is 64.9 Å². The third kappa shape index (κ3) is 4.67. The van der Waals surface area contributed by atoms with E-state index in [0.29, 0.717) is 15.2 Å². The van der Waals surface area contributed by atoms with Gasteiger partial charge >= 0.3 is 6.18 Å². The topological polar surface area (TPSA) is 87.0 Å². The predicted molar refractivity (Wildman–Crippen MR) is 122 cm³/mol. The molecule has 12 heteroatoms. The molecule has 0 aliphatic carbocycles. The molecule has 0 aliphatic rings. The lowest BCUT2D eigenvalue weighted by Crippen LogP contribution is -2.16. The molecular formula is C23H18ClF3N4O4. The largest absolute Gasteiger partial charge is 0.493 e. The fraction of sp³-hybridized carbons (Fsp3) is 0.174. The minimum Gasteiger partial charge on any atom is -0.493 e. The Hall–Kier alpha value is -3.99. The Bertz CT molecular complexity index is 1400. The molecule has 0 unspecified atom stereocenters. The number of fused-ring (bicyclic) bond motifs is 1. The van der Waals surface area contributed by atoms with E-state index in [1.807, 2.05) is 0 Å². The van der Waals surface area contributed by atoms with Crippen LogP contribution in [0.25, 0.3) is 16.9 Å².